The minimum absolute atomic E-state index is 0.342. The topological polar surface area (TPSA) is 12.9 Å². The summed E-state index contributed by atoms with van der Waals surface area (Å²) in [7, 11) is 0. The van der Waals surface area contributed by atoms with Crippen molar-refractivity contribution < 1.29 is 0 Å². The number of aromatic nitrogens is 1. The van der Waals surface area contributed by atoms with E-state index in [1.54, 1.807) is 0 Å². The van der Waals surface area contributed by atoms with Crippen molar-refractivity contribution in [3.8, 4) is 0 Å². The van der Waals surface area contributed by atoms with E-state index >= 15 is 0 Å². The molecule has 0 fully saturated rings. The van der Waals surface area contributed by atoms with Gasteiger partial charge in [-0.3, -0.25) is 4.98 Å². The van der Waals surface area contributed by atoms with Crippen molar-refractivity contribution in [3.63, 3.8) is 0 Å². The highest BCUT2D eigenvalue weighted by molar-refractivity contribution is 5.29. The van der Waals surface area contributed by atoms with Crippen LogP contribution in [0.2, 0.25) is 0 Å². The third-order valence-electron chi connectivity index (χ3n) is 3.42. The predicted molar refractivity (Wildman–Crippen MR) is 54.8 cm³/mol. The molecule has 13 heavy (non-hydrogen) atoms. The smallest absolute Gasteiger partial charge is 0.0494 e. The third-order valence-corrected chi connectivity index (χ3v) is 3.42. The van der Waals surface area contributed by atoms with Crippen molar-refractivity contribution in [2.75, 3.05) is 0 Å². The fourth-order valence-electron chi connectivity index (χ4n) is 2.32. The van der Waals surface area contributed by atoms with Gasteiger partial charge in [0.2, 0.25) is 0 Å². The molecule has 0 aliphatic heterocycles. The number of fused-ring (bicyclic) bond motifs is 1. The van der Waals surface area contributed by atoms with Crippen LogP contribution >= 0.6 is 0 Å². The van der Waals surface area contributed by atoms with Crippen LogP contribution < -0.4 is 0 Å². The van der Waals surface area contributed by atoms with Gasteiger partial charge in [0.1, 0.15) is 0 Å². The SMILES string of the molecule is CCC1(C)CCCc2cccnc21. The Morgan fingerprint density at radius 3 is 3.15 bits per heavy atom. The van der Waals surface area contributed by atoms with Crippen molar-refractivity contribution >= 4 is 0 Å². The van der Waals surface area contributed by atoms with Crippen LogP contribution in [0.4, 0.5) is 0 Å². The summed E-state index contributed by atoms with van der Waals surface area (Å²) in [6, 6.07) is 4.29. The highest BCUT2D eigenvalue weighted by atomic mass is 14.7. The first kappa shape index (κ1) is 8.74. The van der Waals surface area contributed by atoms with Gasteiger partial charge in [0.15, 0.2) is 0 Å². The molecule has 0 saturated heterocycles. The molecule has 2 rings (SSSR count). The van der Waals surface area contributed by atoms with Gasteiger partial charge in [0.25, 0.3) is 0 Å². The molecule has 0 aromatic carbocycles. The number of aryl methyl sites for hydroxylation is 1. The Morgan fingerprint density at radius 2 is 2.38 bits per heavy atom. The molecule has 0 bridgehead atoms. The second-order valence-corrected chi connectivity index (χ2v) is 4.28. The van der Waals surface area contributed by atoms with E-state index in [0.29, 0.717) is 5.41 Å². The highest BCUT2D eigenvalue weighted by Gasteiger charge is 2.31. The van der Waals surface area contributed by atoms with Crippen molar-refractivity contribution in [2.24, 2.45) is 0 Å². The van der Waals surface area contributed by atoms with Gasteiger partial charge < -0.3 is 0 Å². The minimum atomic E-state index is 0.342. The van der Waals surface area contributed by atoms with Gasteiger partial charge in [-0.15, -0.1) is 0 Å². The van der Waals surface area contributed by atoms with E-state index < -0.39 is 0 Å². The first-order chi connectivity index (χ1) is 6.26. The zero-order chi connectivity index (χ0) is 9.31. The average molecular weight is 175 g/mol. The maximum absolute atomic E-state index is 4.54. The molecule has 1 aliphatic carbocycles. The number of hydrogen-bond acceptors (Lipinski definition) is 1. The Morgan fingerprint density at radius 1 is 1.54 bits per heavy atom. The summed E-state index contributed by atoms with van der Waals surface area (Å²) in [5.74, 6) is 0. The fraction of sp³-hybridized carbons (Fsp3) is 0.583. The molecule has 0 radical (unpaired) electrons. The number of pyridine rings is 1. The maximum Gasteiger partial charge on any atom is 0.0494 e. The molecule has 1 nitrogen and oxygen atoms in total. The summed E-state index contributed by atoms with van der Waals surface area (Å²) in [4.78, 5) is 4.54. The summed E-state index contributed by atoms with van der Waals surface area (Å²) < 4.78 is 0. The first-order valence-corrected chi connectivity index (χ1v) is 5.20. The lowest BCUT2D eigenvalue weighted by Gasteiger charge is -2.33. The molecule has 1 unspecified atom stereocenters. The summed E-state index contributed by atoms with van der Waals surface area (Å²) in [6.45, 7) is 4.61. The minimum Gasteiger partial charge on any atom is -0.260 e. The molecule has 0 amide bonds. The number of rotatable bonds is 1. The van der Waals surface area contributed by atoms with Crippen molar-refractivity contribution in [1.29, 1.82) is 0 Å². The number of hydrogen-bond donors (Lipinski definition) is 0. The van der Waals surface area contributed by atoms with Crippen LogP contribution in [0.3, 0.4) is 0 Å². The average Bonchev–Trinajstić information content (AvgIpc) is 2.19. The van der Waals surface area contributed by atoms with E-state index in [9.17, 15) is 0 Å². The lowest BCUT2D eigenvalue weighted by Crippen LogP contribution is -2.27. The van der Waals surface area contributed by atoms with Gasteiger partial charge in [-0.25, -0.2) is 0 Å². The summed E-state index contributed by atoms with van der Waals surface area (Å²) >= 11 is 0. The van der Waals surface area contributed by atoms with E-state index in [0.717, 1.165) is 0 Å². The van der Waals surface area contributed by atoms with Gasteiger partial charge in [-0.05, 0) is 37.3 Å². The fourth-order valence-corrected chi connectivity index (χ4v) is 2.32. The Hall–Kier alpha value is -0.850. The summed E-state index contributed by atoms with van der Waals surface area (Å²) in [6.07, 6.45) is 6.98. The van der Waals surface area contributed by atoms with Crippen LogP contribution in [0.25, 0.3) is 0 Å². The third kappa shape index (κ3) is 1.37. The molecule has 70 valence electrons. The van der Waals surface area contributed by atoms with Gasteiger partial charge >= 0.3 is 0 Å². The second-order valence-electron chi connectivity index (χ2n) is 4.28. The van der Waals surface area contributed by atoms with Gasteiger partial charge in [-0.1, -0.05) is 19.9 Å². The molecular formula is C12H17N. The van der Waals surface area contributed by atoms with Crippen LogP contribution in [0.5, 0.6) is 0 Å². The highest BCUT2D eigenvalue weighted by Crippen LogP contribution is 2.37. The molecule has 0 N–H and O–H groups in total. The van der Waals surface area contributed by atoms with Crippen LogP contribution in [-0.4, -0.2) is 4.98 Å². The van der Waals surface area contributed by atoms with Crippen molar-refractivity contribution in [2.45, 2.75) is 44.9 Å². The molecule has 1 heteroatoms. The van der Waals surface area contributed by atoms with E-state index in [1.807, 2.05) is 6.20 Å². The largest absolute Gasteiger partial charge is 0.260 e. The Kier molecular flexibility index (Phi) is 2.10. The summed E-state index contributed by atoms with van der Waals surface area (Å²) in [5.41, 5.74) is 3.16. The maximum atomic E-state index is 4.54. The quantitative estimate of drug-likeness (QED) is 0.639. The van der Waals surface area contributed by atoms with Gasteiger partial charge in [0, 0.05) is 17.3 Å². The lowest BCUT2D eigenvalue weighted by molar-refractivity contribution is 0.369. The molecule has 1 aliphatic rings. The van der Waals surface area contributed by atoms with Gasteiger partial charge in [0.05, 0.1) is 0 Å². The van der Waals surface area contributed by atoms with E-state index in [-0.39, 0.29) is 0 Å². The van der Waals surface area contributed by atoms with Crippen LogP contribution in [0.15, 0.2) is 18.3 Å². The van der Waals surface area contributed by atoms with Crippen molar-refractivity contribution in [3.05, 3.63) is 29.6 Å². The van der Waals surface area contributed by atoms with E-state index in [4.69, 9.17) is 0 Å². The molecule has 1 aromatic heterocycles. The molecule has 0 saturated carbocycles. The predicted octanol–water partition coefficient (Wildman–Crippen LogP) is 3.09. The zero-order valence-electron chi connectivity index (χ0n) is 8.51. The second kappa shape index (κ2) is 3.13. The van der Waals surface area contributed by atoms with Crippen LogP contribution in [0.1, 0.15) is 44.4 Å². The van der Waals surface area contributed by atoms with Gasteiger partial charge in [-0.2, -0.15) is 0 Å². The van der Waals surface area contributed by atoms with Crippen LogP contribution in [0, 0.1) is 0 Å². The van der Waals surface area contributed by atoms with Crippen LogP contribution in [-0.2, 0) is 11.8 Å². The standard InChI is InChI=1S/C12H17N/c1-3-12(2)8-4-6-10-7-5-9-13-11(10)12/h5,7,9H,3-4,6,8H2,1-2H3. The normalized spacial score (nSPS) is 26.9. The zero-order valence-corrected chi connectivity index (χ0v) is 8.51. The molecule has 1 heterocycles. The Balaban J connectivity index is 2.48. The monoisotopic (exact) mass is 175 g/mol. The van der Waals surface area contributed by atoms with Crippen molar-refractivity contribution in [1.82, 2.24) is 4.98 Å². The van der Waals surface area contributed by atoms with E-state index in [1.165, 1.54) is 36.9 Å². The lowest BCUT2D eigenvalue weighted by atomic mass is 9.73. The Labute approximate surface area is 80.2 Å². The Bertz CT molecular complexity index is 306. The first-order valence-electron chi connectivity index (χ1n) is 5.20. The number of nitrogens with zero attached hydrogens (tertiary/aromatic N) is 1. The molecule has 1 atom stereocenters. The molecule has 0 spiro atoms. The summed E-state index contributed by atoms with van der Waals surface area (Å²) in [5, 5.41) is 0. The molecular weight excluding hydrogens is 158 g/mol. The molecule has 1 aromatic rings. The van der Waals surface area contributed by atoms with E-state index in [2.05, 4.69) is 31.0 Å².